The fourth-order valence-electron chi connectivity index (χ4n) is 2.82. The first-order chi connectivity index (χ1) is 9.58. The second-order valence-electron chi connectivity index (χ2n) is 6.00. The predicted molar refractivity (Wildman–Crippen MR) is 86.1 cm³/mol. The standard InChI is InChI=1S/C17H25NOS/c1-13(2)16-6-4-5-11-18(16)17(19)12-20-15-9-7-14(3)8-10-15/h7-10,13,16H,4-6,11-12H2,1-3H3. The maximum Gasteiger partial charge on any atom is 0.233 e. The van der Waals surface area contributed by atoms with E-state index in [9.17, 15) is 4.79 Å². The van der Waals surface area contributed by atoms with Crippen molar-refractivity contribution in [1.82, 2.24) is 4.90 Å². The van der Waals surface area contributed by atoms with Gasteiger partial charge in [-0.3, -0.25) is 4.79 Å². The highest BCUT2D eigenvalue weighted by Crippen LogP contribution is 2.25. The van der Waals surface area contributed by atoms with Crippen molar-refractivity contribution in [3.05, 3.63) is 29.8 Å². The van der Waals surface area contributed by atoms with E-state index in [1.54, 1.807) is 11.8 Å². The molecule has 1 aromatic carbocycles. The quantitative estimate of drug-likeness (QED) is 0.778. The van der Waals surface area contributed by atoms with Gasteiger partial charge in [0.1, 0.15) is 0 Å². The summed E-state index contributed by atoms with van der Waals surface area (Å²) in [5, 5.41) is 0. The van der Waals surface area contributed by atoms with E-state index in [1.165, 1.54) is 23.3 Å². The number of rotatable bonds is 4. The summed E-state index contributed by atoms with van der Waals surface area (Å²) in [6.45, 7) is 7.48. The molecule has 1 amide bonds. The van der Waals surface area contributed by atoms with Crippen LogP contribution < -0.4 is 0 Å². The lowest BCUT2D eigenvalue weighted by Gasteiger charge is -2.38. The summed E-state index contributed by atoms with van der Waals surface area (Å²) < 4.78 is 0. The Morgan fingerprint density at radius 3 is 2.65 bits per heavy atom. The van der Waals surface area contributed by atoms with Gasteiger partial charge >= 0.3 is 0 Å². The van der Waals surface area contributed by atoms with Crippen LogP contribution in [0.25, 0.3) is 0 Å². The molecule has 2 nitrogen and oxygen atoms in total. The molecule has 0 aliphatic carbocycles. The molecule has 1 unspecified atom stereocenters. The number of thioether (sulfide) groups is 1. The molecule has 1 aliphatic heterocycles. The smallest absolute Gasteiger partial charge is 0.233 e. The fourth-order valence-corrected chi connectivity index (χ4v) is 3.61. The van der Waals surface area contributed by atoms with Gasteiger partial charge in [0.2, 0.25) is 5.91 Å². The van der Waals surface area contributed by atoms with Gasteiger partial charge in [0.15, 0.2) is 0 Å². The SMILES string of the molecule is Cc1ccc(SCC(=O)N2CCCCC2C(C)C)cc1. The molecule has 0 radical (unpaired) electrons. The van der Waals surface area contributed by atoms with Crippen molar-refractivity contribution in [2.24, 2.45) is 5.92 Å². The van der Waals surface area contributed by atoms with Crippen LogP contribution in [-0.4, -0.2) is 29.1 Å². The van der Waals surface area contributed by atoms with Crippen molar-refractivity contribution < 1.29 is 4.79 Å². The van der Waals surface area contributed by atoms with Crippen LogP contribution in [0.15, 0.2) is 29.2 Å². The fraction of sp³-hybridized carbons (Fsp3) is 0.588. The highest BCUT2D eigenvalue weighted by Gasteiger charge is 2.28. The maximum atomic E-state index is 12.5. The van der Waals surface area contributed by atoms with Crippen LogP contribution in [0.3, 0.4) is 0 Å². The molecule has 1 aliphatic rings. The van der Waals surface area contributed by atoms with Gasteiger partial charge in [0, 0.05) is 17.5 Å². The third kappa shape index (κ3) is 4.02. The number of likely N-dealkylation sites (tertiary alicyclic amines) is 1. The number of hydrogen-bond acceptors (Lipinski definition) is 2. The van der Waals surface area contributed by atoms with Gasteiger partial charge in [-0.15, -0.1) is 11.8 Å². The Morgan fingerprint density at radius 1 is 1.30 bits per heavy atom. The average molecular weight is 291 g/mol. The summed E-state index contributed by atoms with van der Waals surface area (Å²) in [7, 11) is 0. The summed E-state index contributed by atoms with van der Waals surface area (Å²) in [5.74, 6) is 1.42. The number of carbonyl (C=O) groups is 1. The van der Waals surface area contributed by atoms with Gasteiger partial charge < -0.3 is 4.90 Å². The number of piperidine rings is 1. The minimum Gasteiger partial charge on any atom is -0.339 e. The van der Waals surface area contributed by atoms with E-state index in [2.05, 4.69) is 49.9 Å². The van der Waals surface area contributed by atoms with Gasteiger partial charge in [-0.25, -0.2) is 0 Å². The molecule has 0 saturated carbocycles. The summed E-state index contributed by atoms with van der Waals surface area (Å²) in [6, 6.07) is 8.84. The second kappa shape index (κ2) is 7.16. The Hall–Kier alpha value is -0.960. The molecular formula is C17H25NOS. The highest BCUT2D eigenvalue weighted by molar-refractivity contribution is 8.00. The molecule has 3 heteroatoms. The van der Waals surface area contributed by atoms with Gasteiger partial charge in [-0.1, -0.05) is 31.5 Å². The van der Waals surface area contributed by atoms with Crippen molar-refractivity contribution in [1.29, 1.82) is 0 Å². The third-order valence-corrected chi connectivity index (χ3v) is 5.02. The zero-order chi connectivity index (χ0) is 14.5. The van der Waals surface area contributed by atoms with Gasteiger partial charge in [0.05, 0.1) is 5.75 Å². The number of aryl methyl sites for hydroxylation is 1. The molecule has 1 aromatic rings. The summed E-state index contributed by atoms with van der Waals surface area (Å²) in [6.07, 6.45) is 3.58. The number of nitrogens with zero attached hydrogens (tertiary/aromatic N) is 1. The van der Waals surface area contributed by atoms with Crippen LogP contribution >= 0.6 is 11.8 Å². The van der Waals surface area contributed by atoms with E-state index in [4.69, 9.17) is 0 Å². The predicted octanol–water partition coefficient (Wildman–Crippen LogP) is 4.12. The summed E-state index contributed by atoms with van der Waals surface area (Å²) in [5.41, 5.74) is 1.26. The molecule has 110 valence electrons. The van der Waals surface area contributed by atoms with E-state index in [1.807, 2.05) is 0 Å². The van der Waals surface area contributed by atoms with Gasteiger partial charge in [0.25, 0.3) is 0 Å². The Kier molecular flexibility index (Phi) is 5.53. The van der Waals surface area contributed by atoms with Crippen LogP contribution in [-0.2, 0) is 4.79 Å². The molecule has 1 atom stereocenters. The number of amides is 1. The van der Waals surface area contributed by atoms with Crippen molar-refractivity contribution in [2.45, 2.75) is 51.0 Å². The minimum atomic E-state index is 0.300. The van der Waals surface area contributed by atoms with Crippen molar-refractivity contribution in [3.63, 3.8) is 0 Å². The van der Waals surface area contributed by atoms with Crippen molar-refractivity contribution >= 4 is 17.7 Å². The third-order valence-electron chi connectivity index (χ3n) is 4.02. The van der Waals surface area contributed by atoms with Crippen LogP contribution in [0, 0.1) is 12.8 Å². The molecule has 2 rings (SSSR count). The molecule has 0 aromatic heterocycles. The first kappa shape index (κ1) is 15.4. The van der Waals surface area contributed by atoms with Crippen LogP contribution in [0.4, 0.5) is 0 Å². The molecule has 0 N–H and O–H groups in total. The van der Waals surface area contributed by atoms with Crippen LogP contribution in [0.1, 0.15) is 38.7 Å². The largest absolute Gasteiger partial charge is 0.339 e. The molecule has 1 saturated heterocycles. The highest BCUT2D eigenvalue weighted by atomic mass is 32.2. The minimum absolute atomic E-state index is 0.300. The number of hydrogen-bond donors (Lipinski definition) is 0. The zero-order valence-electron chi connectivity index (χ0n) is 12.8. The maximum absolute atomic E-state index is 12.5. The molecular weight excluding hydrogens is 266 g/mol. The average Bonchev–Trinajstić information content (AvgIpc) is 2.46. The number of carbonyl (C=O) groups excluding carboxylic acids is 1. The first-order valence-electron chi connectivity index (χ1n) is 7.57. The van der Waals surface area contributed by atoms with E-state index in [0.717, 1.165) is 13.0 Å². The molecule has 1 heterocycles. The monoisotopic (exact) mass is 291 g/mol. The second-order valence-corrected chi connectivity index (χ2v) is 7.04. The van der Waals surface area contributed by atoms with E-state index in [0.29, 0.717) is 23.6 Å². The Balaban J connectivity index is 1.91. The Bertz CT molecular complexity index is 441. The lowest BCUT2D eigenvalue weighted by atomic mass is 9.93. The van der Waals surface area contributed by atoms with Gasteiger partial charge in [-0.05, 0) is 44.2 Å². The van der Waals surface area contributed by atoms with E-state index in [-0.39, 0.29) is 0 Å². The lowest BCUT2D eigenvalue weighted by Crippen LogP contribution is -2.47. The summed E-state index contributed by atoms with van der Waals surface area (Å²) >= 11 is 1.65. The van der Waals surface area contributed by atoms with Crippen LogP contribution in [0.5, 0.6) is 0 Å². The summed E-state index contributed by atoms with van der Waals surface area (Å²) in [4.78, 5) is 15.8. The molecule has 0 spiro atoms. The Labute approximate surface area is 126 Å². The normalized spacial score (nSPS) is 19.4. The molecule has 1 fully saturated rings. The van der Waals surface area contributed by atoms with Crippen molar-refractivity contribution in [2.75, 3.05) is 12.3 Å². The van der Waals surface area contributed by atoms with Crippen molar-refractivity contribution in [3.8, 4) is 0 Å². The van der Waals surface area contributed by atoms with Crippen LogP contribution in [0.2, 0.25) is 0 Å². The Morgan fingerprint density at radius 2 is 2.00 bits per heavy atom. The van der Waals surface area contributed by atoms with E-state index < -0.39 is 0 Å². The van der Waals surface area contributed by atoms with Gasteiger partial charge in [-0.2, -0.15) is 0 Å². The van der Waals surface area contributed by atoms with E-state index >= 15 is 0 Å². The number of benzene rings is 1. The lowest BCUT2D eigenvalue weighted by molar-refractivity contribution is -0.133. The molecule has 0 bridgehead atoms. The zero-order valence-corrected chi connectivity index (χ0v) is 13.6. The molecule has 20 heavy (non-hydrogen) atoms. The topological polar surface area (TPSA) is 20.3 Å². The first-order valence-corrected chi connectivity index (χ1v) is 8.55.